The zero-order valence-corrected chi connectivity index (χ0v) is 12.7. The number of rotatable bonds is 5. The van der Waals surface area contributed by atoms with Gasteiger partial charge in [0.2, 0.25) is 5.91 Å². The highest BCUT2D eigenvalue weighted by Gasteiger charge is 2.13. The van der Waals surface area contributed by atoms with Gasteiger partial charge in [0.05, 0.1) is 12.8 Å². The molecule has 0 aliphatic rings. The van der Waals surface area contributed by atoms with Gasteiger partial charge in [0.1, 0.15) is 5.75 Å². The lowest BCUT2D eigenvalue weighted by atomic mass is 9.97. The number of carbonyl (C=O) groups excluding carboxylic acids is 1. The van der Waals surface area contributed by atoms with Crippen molar-refractivity contribution in [2.24, 2.45) is 0 Å². The number of hydrogen-bond donors (Lipinski definition) is 1. The third-order valence-corrected chi connectivity index (χ3v) is 3.90. The Morgan fingerprint density at radius 1 is 1.50 bits per heavy atom. The topological polar surface area (TPSA) is 51.2 Å². The number of thiazole rings is 1. The number of amides is 1. The van der Waals surface area contributed by atoms with Crippen LogP contribution in [0.3, 0.4) is 0 Å². The third kappa shape index (κ3) is 3.81. The van der Waals surface area contributed by atoms with Crippen molar-refractivity contribution in [3.05, 3.63) is 40.9 Å². The van der Waals surface area contributed by atoms with Gasteiger partial charge in [-0.3, -0.25) is 4.79 Å². The van der Waals surface area contributed by atoms with Crippen LogP contribution in [0.15, 0.2) is 29.6 Å². The summed E-state index contributed by atoms with van der Waals surface area (Å²) in [6.45, 7) is 3.94. The fourth-order valence-electron chi connectivity index (χ4n) is 1.93. The van der Waals surface area contributed by atoms with Crippen molar-refractivity contribution in [3.8, 4) is 5.75 Å². The van der Waals surface area contributed by atoms with Gasteiger partial charge >= 0.3 is 0 Å². The monoisotopic (exact) mass is 290 g/mol. The van der Waals surface area contributed by atoms with E-state index in [1.54, 1.807) is 7.11 Å². The highest BCUT2D eigenvalue weighted by Crippen LogP contribution is 2.24. The first-order chi connectivity index (χ1) is 9.58. The van der Waals surface area contributed by atoms with Gasteiger partial charge in [-0.05, 0) is 30.5 Å². The molecule has 1 heterocycles. The number of carbonyl (C=O) groups is 1. The molecule has 0 fully saturated rings. The number of nitrogens with zero attached hydrogens (tertiary/aromatic N) is 1. The Hall–Kier alpha value is -1.88. The van der Waals surface area contributed by atoms with Crippen molar-refractivity contribution in [1.29, 1.82) is 0 Å². The average molecular weight is 290 g/mol. The van der Waals surface area contributed by atoms with Crippen LogP contribution >= 0.6 is 11.3 Å². The predicted molar refractivity (Wildman–Crippen MR) is 81.5 cm³/mol. The summed E-state index contributed by atoms with van der Waals surface area (Å²) in [5, 5.41) is 5.40. The van der Waals surface area contributed by atoms with Crippen LogP contribution in [0.4, 0.5) is 5.13 Å². The molecule has 1 aromatic heterocycles. The minimum absolute atomic E-state index is 0.0188. The summed E-state index contributed by atoms with van der Waals surface area (Å²) in [5.74, 6) is 0.922. The van der Waals surface area contributed by atoms with Gasteiger partial charge < -0.3 is 10.1 Å². The van der Waals surface area contributed by atoms with Gasteiger partial charge in [-0.1, -0.05) is 19.1 Å². The minimum Gasteiger partial charge on any atom is -0.497 e. The molecule has 20 heavy (non-hydrogen) atoms. The molecule has 5 heteroatoms. The predicted octanol–water partition coefficient (Wildman–Crippen LogP) is 3.59. The molecule has 0 aliphatic carbocycles. The van der Waals surface area contributed by atoms with E-state index in [4.69, 9.17) is 4.74 Å². The number of aromatic nitrogens is 1. The maximum absolute atomic E-state index is 12.0. The summed E-state index contributed by atoms with van der Waals surface area (Å²) < 4.78 is 5.20. The van der Waals surface area contributed by atoms with Crippen LogP contribution in [-0.2, 0) is 4.79 Å². The molecule has 4 nitrogen and oxygen atoms in total. The zero-order chi connectivity index (χ0) is 14.5. The molecule has 2 rings (SSSR count). The van der Waals surface area contributed by atoms with Crippen molar-refractivity contribution in [3.63, 3.8) is 0 Å². The van der Waals surface area contributed by atoms with Crippen LogP contribution in [0.1, 0.15) is 30.5 Å². The van der Waals surface area contributed by atoms with E-state index in [1.165, 1.54) is 11.3 Å². The Labute approximate surface area is 122 Å². The van der Waals surface area contributed by atoms with Crippen LogP contribution in [0, 0.1) is 6.92 Å². The largest absolute Gasteiger partial charge is 0.497 e. The summed E-state index contributed by atoms with van der Waals surface area (Å²) in [6, 6.07) is 7.81. The summed E-state index contributed by atoms with van der Waals surface area (Å²) in [4.78, 5) is 16.2. The number of hydrogen-bond acceptors (Lipinski definition) is 4. The van der Waals surface area contributed by atoms with Crippen LogP contribution in [-0.4, -0.2) is 18.0 Å². The molecular weight excluding hydrogens is 272 g/mol. The number of ether oxygens (including phenoxy) is 1. The first kappa shape index (κ1) is 14.5. The molecule has 2 aromatic rings. The van der Waals surface area contributed by atoms with Crippen molar-refractivity contribution in [1.82, 2.24) is 4.98 Å². The first-order valence-electron chi connectivity index (χ1n) is 6.44. The van der Waals surface area contributed by atoms with E-state index in [0.717, 1.165) is 17.0 Å². The zero-order valence-electron chi connectivity index (χ0n) is 11.8. The van der Waals surface area contributed by atoms with E-state index in [2.05, 4.69) is 10.3 Å². The lowest BCUT2D eigenvalue weighted by Crippen LogP contribution is -2.14. The second-order valence-electron chi connectivity index (χ2n) is 4.72. The molecule has 106 valence electrons. The highest BCUT2D eigenvalue weighted by molar-refractivity contribution is 7.13. The third-order valence-electron chi connectivity index (χ3n) is 3.02. The van der Waals surface area contributed by atoms with Crippen molar-refractivity contribution < 1.29 is 9.53 Å². The van der Waals surface area contributed by atoms with Gasteiger partial charge in [0, 0.05) is 11.8 Å². The van der Waals surface area contributed by atoms with Gasteiger partial charge in [0.15, 0.2) is 5.13 Å². The number of aryl methyl sites for hydroxylation is 1. The maximum Gasteiger partial charge on any atom is 0.226 e. The quantitative estimate of drug-likeness (QED) is 0.915. The molecular formula is C15H18N2O2S. The van der Waals surface area contributed by atoms with Crippen LogP contribution in [0.5, 0.6) is 5.75 Å². The molecule has 0 radical (unpaired) electrons. The molecule has 0 spiro atoms. The average Bonchev–Trinajstić information content (AvgIpc) is 2.83. The van der Waals surface area contributed by atoms with E-state index in [0.29, 0.717) is 11.6 Å². The van der Waals surface area contributed by atoms with E-state index in [1.807, 2.05) is 43.5 Å². The molecule has 1 atom stereocenters. The smallest absolute Gasteiger partial charge is 0.226 e. The number of anilines is 1. The second-order valence-corrected chi connectivity index (χ2v) is 5.58. The Morgan fingerprint density at radius 3 is 2.95 bits per heavy atom. The van der Waals surface area contributed by atoms with E-state index < -0.39 is 0 Å². The number of nitrogens with one attached hydrogen (secondary N) is 1. The van der Waals surface area contributed by atoms with Crippen LogP contribution < -0.4 is 10.1 Å². The molecule has 0 saturated carbocycles. The Morgan fingerprint density at radius 2 is 2.30 bits per heavy atom. The fraction of sp³-hybridized carbons (Fsp3) is 0.333. The molecule has 0 saturated heterocycles. The standard InChI is InChI=1S/C15H18N2O2S/c1-10(12-5-4-6-13(8-12)19-3)7-14(18)17-15-16-11(2)9-20-15/h4-6,8-10H,7H2,1-3H3,(H,16,17,18). The van der Waals surface area contributed by atoms with Gasteiger partial charge in [-0.15, -0.1) is 11.3 Å². The molecule has 0 bridgehead atoms. The lowest BCUT2D eigenvalue weighted by Gasteiger charge is -2.12. The van der Waals surface area contributed by atoms with E-state index in [9.17, 15) is 4.79 Å². The van der Waals surface area contributed by atoms with E-state index in [-0.39, 0.29) is 11.8 Å². The Bertz CT molecular complexity index is 595. The van der Waals surface area contributed by atoms with Gasteiger partial charge in [-0.25, -0.2) is 4.98 Å². The highest BCUT2D eigenvalue weighted by atomic mass is 32.1. The Balaban J connectivity index is 1.96. The van der Waals surface area contributed by atoms with Gasteiger partial charge in [0.25, 0.3) is 0 Å². The summed E-state index contributed by atoms with van der Waals surface area (Å²) in [7, 11) is 1.64. The fourth-order valence-corrected chi connectivity index (χ4v) is 2.63. The summed E-state index contributed by atoms with van der Waals surface area (Å²) in [6.07, 6.45) is 0.422. The second kappa shape index (κ2) is 6.52. The normalized spacial score (nSPS) is 11.9. The van der Waals surface area contributed by atoms with Crippen molar-refractivity contribution in [2.75, 3.05) is 12.4 Å². The van der Waals surface area contributed by atoms with Crippen molar-refractivity contribution >= 4 is 22.4 Å². The summed E-state index contributed by atoms with van der Waals surface area (Å²) in [5.41, 5.74) is 2.01. The maximum atomic E-state index is 12.0. The molecule has 0 aliphatic heterocycles. The molecule has 1 aromatic carbocycles. The molecule has 1 unspecified atom stereocenters. The lowest BCUT2D eigenvalue weighted by molar-refractivity contribution is -0.116. The van der Waals surface area contributed by atoms with E-state index >= 15 is 0 Å². The van der Waals surface area contributed by atoms with Crippen LogP contribution in [0.2, 0.25) is 0 Å². The van der Waals surface area contributed by atoms with Crippen LogP contribution in [0.25, 0.3) is 0 Å². The minimum atomic E-state index is -0.0188. The molecule has 1 amide bonds. The SMILES string of the molecule is COc1cccc(C(C)CC(=O)Nc2nc(C)cs2)c1. The number of benzene rings is 1. The molecule has 1 N–H and O–H groups in total. The van der Waals surface area contributed by atoms with Crippen molar-refractivity contribution in [2.45, 2.75) is 26.2 Å². The first-order valence-corrected chi connectivity index (χ1v) is 7.32. The summed E-state index contributed by atoms with van der Waals surface area (Å²) >= 11 is 1.44. The Kier molecular flexibility index (Phi) is 4.74. The number of methoxy groups -OCH3 is 1. The van der Waals surface area contributed by atoms with Gasteiger partial charge in [-0.2, -0.15) is 0 Å².